The number of likely N-dealkylation sites (N-methyl/N-ethyl adjacent to an activating group) is 1. The molecule has 3 heterocycles. The summed E-state index contributed by atoms with van der Waals surface area (Å²) in [6.45, 7) is 5.49. The summed E-state index contributed by atoms with van der Waals surface area (Å²) < 4.78 is 6.09. The van der Waals surface area contributed by atoms with Crippen molar-refractivity contribution in [2.75, 3.05) is 37.7 Å². The third-order valence-corrected chi connectivity index (χ3v) is 5.90. The molecule has 2 aromatic rings. The fraction of sp³-hybridized carbons (Fsp3) is 0.316. The number of carbonyl (C=O) groups is 1. The SMILES string of the molecule is CCN1C(=O)/C(=C\c2cc3ccccc3nc2N2CCOCC2)SC1=S. The number of rotatable bonds is 3. The Hall–Kier alpha value is -1.96. The number of morpholine rings is 1. The highest BCUT2D eigenvalue weighted by molar-refractivity contribution is 8.26. The summed E-state index contributed by atoms with van der Waals surface area (Å²) in [6.07, 6.45) is 1.93. The number of carbonyl (C=O) groups excluding carboxylic acids is 1. The number of ether oxygens (including phenoxy) is 1. The Morgan fingerprint density at radius 2 is 2.08 bits per heavy atom. The molecule has 2 aliphatic rings. The minimum Gasteiger partial charge on any atom is -0.378 e. The lowest BCUT2D eigenvalue weighted by Gasteiger charge is -2.29. The molecule has 2 fully saturated rings. The topological polar surface area (TPSA) is 45.7 Å². The van der Waals surface area contributed by atoms with Gasteiger partial charge in [-0.3, -0.25) is 9.69 Å². The van der Waals surface area contributed by atoms with Crippen LogP contribution in [0.2, 0.25) is 0 Å². The fourth-order valence-corrected chi connectivity index (χ4v) is 4.55. The van der Waals surface area contributed by atoms with Crippen LogP contribution in [0, 0.1) is 0 Å². The number of hydrogen-bond acceptors (Lipinski definition) is 6. The smallest absolute Gasteiger partial charge is 0.266 e. The van der Waals surface area contributed by atoms with Crippen LogP contribution in [0.4, 0.5) is 5.82 Å². The molecule has 1 amide bonds. The average molecular weight is 386 g/mol. The molecule has 0 N–H and O–H groups in total. The monoisotopic (exact) mass is 385 g/mol. The second-order valence-corrected chi connectivity index (χ2v) is 7.80. The lowest BCUT2D eigenvalue weighted by Crippen LogP contribution is -2.37. The van der Waals surface area contributed by atoms with E-state index in [9.17, 15) is 4.79 Å². The van der Waals surface area contributed by atoms with E-state index in [-0.39, 0.29) is 5.91 Å². The zero-order chi connectivity index (χ0) is 18.1. The number of para-hydroxylation sites is 1. The molecule has 0 unspecified atom stereocenters. The van der Waals surface area contributed by atoms with Gasteiger partial charge in [-0.15, -0.1) is 0 Å². The summed E-state index contributed by atoms with van der Waals surface area (Å²) in [5, 5.41) is 1.06. The van der Waals surface area contributed by atoms with Crippen molar-refractivity contribution in [3.63, 3.8) is 0 Å². The molecule has 0 aliphatic carbocycles. The van der Waals surface area contributed by atoms with Gasteiger partial charge in [0.25, 0.3) is 5.91 Å². The summed E-state index contributed by atoms with van der Waals surface area (Å²) in [6, 6.07) is 10.1. The number of thiocarbonyl (C=S) groups is 1. The Bertz CT molecular complexity index is 907. The number of nitrogens with zero attached hydrogens (tertiary/aromatic N) is 3. The van der Waals surface area contributed by atoms with Crippen LogP contribution in [-0.4, -0.2) is 53.0 Å². The van der Waals surface area contributed by atoms with Crippen LogP contribution >= 0.6 is 24.0 Å². The van der Waals surface area contributed by atoms with E-state index in [0.29, 0.717) is 29.0 Å². The maximum absolute atomic E-state index is 12.6. The lowest BCUT2D eigenvalue weighted by molar-refractivity contribution is -0.121. The maximum atomic E-state index is 12.6. The first-order chi connectivity index (χ1) is 12.7. The van der Waals surface area contributed by atoms with Gasteiger partial charge in [-0.2, -0.15) is 0 Å². The van der Waals surface area contributed by atoms with Crippen molar-refractivity contribution < 1.29 is 9.53 Å². The van der Waals surface area contributed by atoms with E-state index >= 15 is 0 Å². The molecule has 4 rings (SSSR count). The van der Waals surface area contributed by atoms with E-state index in [1.54, 1.807) is 4.90 Å². The standard InChI is InChI=1S/C19H19N3O2S2/c1-2-22-18(23)16(26-19(22)25)12-14-11-13-5-3-4-6-15(13)20-17(14)21-7-9-24-10-8-21/h3-6,11-12H,2,7-10H2,1H3/b16-12+. The predicted molar refractivity (Wildman–Crippen MR) is 110 cm³/mol. The van der Waals surface area contributed by atoms with Crippen molar-refractivity contribution in [3.8, 4) is 0 Å². The van der Waals surface area contributed by atoms with Crippen molar-refractivity contribution in [2.45, 2.75) is 6.92 Å². The summed E-state index contributed by atoms with van der Waals surface area (Å²) in [5.74, 6) is 0.873. The van der Waals surface area contributed by atoms with Crippen molar-refractivity contribution in [2.24, 2.45) is 0 Å². The van der Waals surface area contributed by atoms with Gasteiger partial charge in [-0.05, 0) is 25.1 Å². The molecular formula is C19H19N3O2S2. The van der Waals surface area contributed by atoms with Crippen LogP contribution < -0.4 is 4.90 Å². The highest BCUT2D eigenvalue weighted by Gasteiger charge is 2.31. The lowest BCUT2D eigenvalue weighted by atomic mass is 10.1. The first kappa shape index (κ1) is 17.5. The number of pyridine rings is 1. The molecule has 0 radical (unpaired) electrons. The van der Waals surface area contributed by atoms with Gasteiger partial charge in [0, 0.05) is 30.6 Å². The zero-order valence-corrected chi connectivity index (χ0v) is 16.1. The molecule has 134 valence electrons. The minimum absolute atomic E-state index is 0.0245. The van der Waals surface area contributed by atoms with Gasteiger partial charge in [0.05, 0.1) is 23.6 Å². The second-order valence-electron chi connectivity index (χ2n) is 6.12. The van der Waals surface area contributed by atoms with Crippen LogP contribution in [0.1, 0.15) is 12.5 Å². The van der Waals surface area contributed by atoms with E-state index in [0.717, 1.165) is 35.4 Å². The molecule has 5 nitrogen and oxygen atoms in total. The van der Waals surface area contributed by atoms with Gasteiger partial charge >= 0.3 is 0 Å². The van der Waals surface area contributed by atoms with Crippen molar-refractivity contribution in [1.82, 2.24) is 9.88 Å². The molecule has 1 aromatic heterocycles. The Kier molecular flexibility index (Phi) is 4.93. The Labute approximate surface area is 162 Å². The highest BCUT2D eigenvalue weighted by atomic mass is 32.2. The molecule has 26 heavy (non-hydrogen) atoms. The first-order valence-electron chi connectivity index (χ1n) is 8.65. The van der Waals surface area contributed by atoms with Gasteiger partial charge in [0.2, 0.25) is 0 Å². The number of amides is 1. The zero-order valence-electron chi connectivity index (χ0n) is 14.5. The minimum atomic E-state index is -0.0245. The van der Waals surface area contributed by atoms with Crippen LogP contribution in [0.25, 0.3) is 17.0 Å². The molecule has 0 saturated carbocycles. The molecule has 2 aliphatic heterocycles. The normalized spacial score (nSPS) is 19.8. The molecule has 0 bridgehead atoms. The molecule has 2 saturated heterocycles. The molecule has 7 heteroatoms. The Balaban J connectivity index is 1.81. The first-order valence-corrected chi connectivity index (χ1v) is 9.87. The number of thioether (sulfide) groups is 1. The molecule has 1 aromatic carbocycles. The number of aromatic nitrogens is 1. The van der Waals surface area contributed by atoms with E-state index in [1.807, 2.05) is 37.3 Å². The van der Waals surface area contributed by atoms with Crippen LogP contribution in [0.5, 0.6) is 0 Å². The van der Waals surface area contributed by atoms with E-state index < -0.39 is 0 Å². The number of fused-ring (bicyclic) bond motifs is 1. The number of anilines is 1. The van der Waals surface area contributed by atoms with E-state index in [1.165, 1.54) is 11.8 Å². The van der Waals surface area contributed by atoms with Gasteiger partial charge in [-0.1, -0.05) is 42.2 Å². The van der Waals surface area contributed by atoms with Crippen LogP contribution in [-0.2, 0) is 9.53 Å². The highest BCUT2D eigenvalue weighted by Crippen LogP contribution is 2.35. The number of benzene rings is 1. The molecule has 0 atom stereocenters. The second kappa shape index (κ2) is 7.34. The third-order valence-electron chi connectivity index (χ3n) is 4.52. The van der Waals surface area contributed by atoms with Crippen LogP contribution in [0.15, 0.2) is 35.2 Å². The Morgan fingerprint density at radius 3 is 2.81 bits per heavy atom. The maximum Gasteiger partial charge on any atom is 0.266 e. The van der Waals surface area contributed by atoms with Crippen LogP contribution in [0.3, 0.4) is 0 Å². The fourth-order valence-electron chi connectivity index (χ4n) is 3.17. The molecule has 0 spiro atoms. The summed E-state index contributed by atoms with van der Waals surface area (Å²) in [5.41, 5.74) is 1.90. The largest absolute Gasteiger partial charge is 0.378 e. The quantitative estimate of drug-likeness (QED) is 0.597. The summed E-state index contributed by atoms with van der Waals surface area (Å²) in [4.78, 5) is 22.0. The summed E-state index contributed by atoms with van der Waals surface area (Å²) in [7, 11) is 0. The molecular weight excluding hydrogens is 366 g/mol. The van der Waals surface area contributed by atoms with Gasteiger partial charge < -0.3 is 9.64 Å². The Morgan fingerprint density at radius 1 is 1.31 bits per heavy atom. The predicted octanol–water partition coefficient (Wildman–Crippen LogP) is 3.29. The van der Waals surface area contributed by atoms with Crippen molar-refractivity contribution in [1.29, 1.82) is 0 Å². The van der Waals surface area contributed by atoms with Gasteiger partial charge in [0.15, 0.2) is 0 Å². The third kappa shape index (κ3) is 3.22. The van der Waals surface area contributed by atoms with Crippen molar-refractivity contribution in [3.05, 3.63) is 40.8 Å². The van der Waals surface area contributed by atoms with Gasteiger partial charge in [0.1, 0.15) is 10.1 Å². The van der Waals surface area contributed by atoms with E-state index in [4.69, 9.17) is 21.9 Å². The average Bonchev–Trinajstić information content (AvgIpc) is 2.94. The summed E-state index contributed by atoms with van der Waals surface area (Å²) >= 11 is 6.69. The van der Waals surface area contributed by atoms with Gasteiger partial charge in [-0.25, -0.2) is 4.98 Å². The van der Waals surface area contributed by atoms with E-state index in [2.05, 4.69) is 11.0 Å². The number of hydrogen-bond donors (Lipinski definition) is 0. The van der Waals surface area contributed by atoms with Crippen molar-refractivity contribution >= 4 is 57.0 Å².